The smallest absolute Gasteiger partial charge is 0.322 e. The highest BCUT2D eigenvalue weighted by Crippen LogP contribution is 1.96. The number of carbonyl (C=O) groups is 1. The van der Waals surface area contributed by atoms with Gasteiger partial charge in [0, 0.05) is 13.1 Å². The molecule has 1 rings (SSSR count). The Bertz CT molecular complexity index is 301. The first-order valence-electron chi connectivity index (χ1n) is 4.88. The van der Waals surface area contributed by atoms with Crippen molar-refractivity contribution in [1.82, 2.24) is 10.6 Å². The summed E-state index contributed by atoms with van der Waals surface area (Å²) in [5.74, 6) is -0.835. The Hall–Kier alpha value is -1.39. The van der Waals surface area contributed by atoms with E-state index in [1.165, 1.54) is 0 Å². The monoisotopic (exact) mass is 208 g/mol. The van der Waals surface area contributed by atoms with Crippen molar-refractivity contribution in [3.8, 4) is 0 Å². The molecule has 4 heteroatoms. The Morgan fingerprint density at radius 1 is 1.40 bits per heavy atom. The van der Waals surface area contributed by atoms with Crippen LogP contribution in [-0.4, -0.2) is 30.7 Å². The first-order chi connectivity index (χ1) is 7.24. The number of carboxylic acid groups (broad SMARTS) is 1. The minimum atomic E-state index is -0.835. The van der Waals surface area contributed by atoms with Crippen LogP contribution in [0.2, 0.25) is 0 Å². The lowest BCUT2D eigenvalue weighted by atomic mass is 10.2. The van der Waals surface area contributed by atoms with Gasteiger partial charge < -0.3 is 15.7 Å². The fourth-order valence-electron chi connectivity index (χ4n) is 1.27. The molecule has 0 saturated heterocycles. The third-order valence-corrected chi connectivity index (χ3v) is 2.17. The van der Waals surface area contributed by atoms with Gasteiger partial charge in [0.25, 0.3) is 0 Å². The van der Waals surface area contributed by atoms with Crippen LogP contribution in [-0.2, 0) is 11.3 Å². The van der Waals surface area contributed by atoms with Gasteiger partial charge in [0.05, 0.1) is 0 Å². The zero-order valence-corrected chi connectivity index (χ0v) is 8.73. The largest absolute Gasteiger partial charge is 0.480 e. The first-order valence-corrected chi connectivity index (χ1v) is 4.88. The second-order valence-corrected chi connectivity index (χ2v) is 3.30. The molecule has 1 atom stereocenters. The average molecular weight is 208 g/mol. The van der Waals surface area contributed by atoms with Gasteiger partial charge in [0.1, 0.15) is 6.04 Å². The Balaban J connectivity index is 2.30. The molecule has 0 heterocycles. The van der Waals surface area contributed by atoms with Gasteiger partial charge in [-0.05, 0) is 12.6 Å². The summed E-state index contributed by atoms with van der Waals surface area (Å²) in [6.07, 6.45) is 0. The van der Waals surface area contributed by atoms with Crippen molar-refractivity contribution in [3.05, 3.63) is 35.9 Å². The molecular weight excluding hydrogens is 192 g/mol. The Morgan fingerprint density at radius 2 is 2.07 bits per heavy atom. The van der Waals surface area contributed by atoms with Crippen LogP contribution in [0.3, 0.4) is 0 Å². The normalized spacial score (nSPS) is 12.3. The molecule has 0 aromatic heterocycles. The van der Waals surface area contributed by atoms with Gasteiger partial charge in [-0.2, -0.15) is 0 Å². The predicted octanol–water partition coefficient (Wildman–Crippen LogP) is 0.449. The van der Waals surface area contributed by atoms with E-state index in [1.54, 1.807) is 7.05 Å². The number of hydrogen-bond donors (Lipinski definition) is 3. The van der Waals surface area contributed by atoms with Gasteiger partial charge in [-0.25, -0.2) is 0 Å². The van der Waals surface area contributed by atoms with Crippen LogP contribution < -0.4 is 10.6 Å². The van der Waals surface area contributed by atoms with E-state index >= 15 is 0 Å². The third-order valence-electron chi connectivity index (χ3n) is 2.17. The standard InChI is InChI=1S/C11H16N2O2/c1-12-10(11(14)15)8-13-7-9-5-3-2-4-6-9/h2-6,10,12-13H,7-8H2,1H3,(H,14,15). The van der Waals surface area contributed by atoms with Crippen LogP contribution in [0.25, 0.3) is 0 Å². The first kappa shape index (κ1) is 11.7. The average Bonchev–Trinajstić information content (AvgIpc) is 2.25. The molecule has 1 aromatic rings. The number of rotatable bonds is 6. The number of carboxylic acids is 1. The second kappa shape index (κ2) is 6.16. The van der Waals surface area contributed by atoms with E-state index in [4.69, 9.17) is 5.11 Å². The molecule has 0 radical (unpaired) electrons. The summed E-state index contributed by atoms with van der Waals surface area (Å²) < 4.78 is 0. The maximum atomic E-state index is 10.7. The third kappa shape index (κ3) is 4.10. The lowest BCUT2D eigenvalue weighted by molar-refractivity contribution is -0.139. The summed E-state index contributed by atoms with van der Waals surface area (Å²) in [5, 5.41) is 14.6. The summed E-state index contributed by atoms with van der Waals surface area (Å²) >= 11 is 0. The Kier molecular flexibility index (Phi) is 4.80. The van der Waals surface area contributed by atoms with Crippen LogP contribution in [0.5, 0.6) is 0 Å². The minimum Gasteiger partial charge on any atom is -0.480 e. The highest BCUT2D eigenvalue weighted by atomic mass is 16.4. The van der Waals surface area contributed by atoms with Gasteiger partial charge in [0.15, 0.2) is 0 Å². The fraction of sp³-hybridized carbons (Fsp3) is 0.364. The highest BCUT2D eigenvalue weighted by Gasteiger charge is 2.13. The molecule has 0 aliphatic heterocycles. The van der Waals surface area contributed by atoms with E-state index in [0.717, 1.165) is 5.56 Å². The summed E-state index contributed by atoms with van der Waals surface area (Å²) in [7, 11) is 1.64. The van der Waals surface area contributed by atoms with Crippen molar-refractivity contribution in [1.29, 1.82) is 0 Å². The Morgan fingerprint density at radius 3 is 2.60 bits per heavy atom. The second-order valence-electron chi connectivity index (χ2n) is 3.30. The van der Waals surface area contributed by atoms with Crippen LogP contribution in [0.4, 0.5) is 0 Å². The van der Waals surface area contributed by atoms with Crippen LogP contribution in [0.1, 0.15) is 5.56 Å². The van der Waals surface area contributed by atoms with Crippen LogP contribution in [0.15, 0.2) is 30.3 Å². The molecular formula is C11H16N2O2. The van der Waals surface area contributed by atoms with Crippen molar-refractivity contribution >= 4 is 5.97 Å². The minimum absolute atomic E-state index is 0.417. The number of hydrogen-bond acceptors (Lipinski definition) is 3. The molecule has 0 aliphatic rings. The zero-order valence-electron chi connectivity index (χ0n) is 8.73. The quantitative estimate of drug-likeness (QED) is 0.635. The van der Waals surface area contributed by atoms with E-state index < -0.39 is 12.0 Å². The van der Waals surface area contributed by atoms with Crippen molar-refractivity contribution in [3.63, 3.8) is 0 Å². The maximum absolute atomic E-state index is 10.7. The van der Waals surface area contributed by atoms with Crippen molar-refractivity contribution in [2.45, 2.75) is 12.6 Å². The summed E-state index contributed by atoms with van der Waals surface area (Å²) in [6, 6.07) is 9.35. The highest BCUT2D eigenvalue weighted by molar-refractivity contribution is 5.73. The van der Waals surface area contributed by atoms with E-state index in [9.17, 15) is 4.79 Å². The van der Waals surface area contributed by atoms with Crippen LogP contribution in [0, 0.1) is 0 Å². The van der Waals surface area contributed by atoms with Gasteiger partial charge in [-0.1, -0.05) is 30.3 Å². The van der Waals surface area contributed by atoms with Gasteiger partial charge >= 0.3 is 5.97 Å². The van der Waals surface area contributed by atoms with E-state index in [-0.39, 0.29) is 0 Å². The lowest BCUT2D eigenvalue weighted by Gasteiger charge is -2.11. The number of aliphatic carboxylic acids is 1. The molecule has 4 nitrogen and oxygen atoms in total. The number of benzene rings is 1. The Labute approximate surface area is 89.3 Å². The predicted molar refractivity (Wildman–Crippen MR) is 58.6 cm³/mol. The summed E-state index contributed by atoms with van der Waals surface area (Å²) in [5.41, 5.74) is 1.15. The van der Waals surface area contributed by atoms with Crippen LogP contribution >= 0.6 is 0 Å². The van der Waals surface area contributed by atoms with E-state index in [1.807, 2.05) is 30.3 Å². The molecule has 0 amide bonds. The molecule has 0 bridgehead atoms. The fourth-order valence-corrected chi connectivity index (χ4v) is 1.27. The summed E-state index contributed by atoms with van der Waals surface area (Å²) in [6.45, 7) is 1.10. The van der Waals surface area contributed by atoms with Crippen molar-refractivity contribution < 1.29 is 9.90 Å². The van der Waals surface area contributed by atoms with Crippen molar-refractivity contribution in [2.24, 2.45) is 0 Å². The molecule has 82 valence electrons. The topological polar surface area (TPSA) is 61.4 Å². The van der Waals surface area contributed by atoms with Gasteiger partial charge in [0.2, 0.25) is 0 Å². The van der Waals surface area contributed by atoms with E-state index in [0.29, 0.717) is 13.1 Å². The molecule has 0 aliphatic carbocycles. The van der Waals surface area contributed by atoms with Gasteiger partial charge in [-0.3, -0.25) is 4.79 Å². The zero-order chi connectivity index (χ0) is 11.1. The number of likely N-dealkylation sites (N-methyl/N-ethyl adjacent to an activating group) is 1. The number of nitrogens with one attached hydrogen (secondary N) is 2. The lowest BCUT2D eigenvalue weighted by Crippen LogP contribution is -2.42. The van der Waals surface area contributed by atoms with Gasteiger partial charge in [-0.15, -0.1) is 0 Å². The van der Waals surface area contributed by atoms with Crippen molar-refractivity contribution in [2.75, 3.05) is 13.6 Å². The SMILES string of the molecule is CNC(CNCc1ccccc1)C(=O)O. The summed E-state index contributed by atoms with van der Waals surface area (Å²) in [4.78, 5) is 10.7. The molecule has 1 unspecified atom stereocenters. The maximum Gasteiger partial charge on any atom is 0.322 e. The molecule has 0 fully saturated rings. The van der Waals surface area contributed by atoms with E-state index in [2.05, 4.69) is 10.6 Å². The molecule has 0 saturated carbocycles. The molecule has 1 aromatic carbocycles. The molecule has 0 spiro atoms. The molecule has 3 N–H and O–H groups in total. The molecule has 15 heavy (non-hydrogen) atoms.